The lowest BCUT2D eigenvalue weighted by Crippen LogP contribution is -2.51. The van der Waals surface area contributed by atoms with E-state index < -0.39 is 6.10 Å². The molecule has 1 atom stereocenters. The highest BCUT2D eigenvalue weighted by Crippen LogP contribution is 2.16. The second-order valence-corrected chi connectivity index (χ2v) is 5.29. The Balaban J connectivity index is 1.95. The lowest BCUT2D eigenvalue weighted by molar-refractivity contribution is -0.142. The van der Waals surface area contributed by atoms with Crippen LogP contribution in [0.25, 0.3) is 0 Å². The molecule has 1 aliphatic heterocycles. The van der Waals surface area contributed by atoms with Gasteiger partial charge in [0.1, 0.15) is 5.75 Å². The molecule has 0 N–H and O–H groups in total. The molecule has 2 amide bonds. The van der Waals surface area contributed by atoms with Gasteiger partial charge in [0.25, 0.3) is 5.91 Å². The van der Waals surface area contributed by atoms with Crippen LogP contribution in [0.1, 0.15) is 18.9 Å². The van der Waals surface area contributed by atoms with Crippen LogP contribution < -0.4 is 4.74 Å². The summed E-state index contributed by atoms with van der Waals surface area (Å²) in [6.07, 6.45) is 0.998. The normalized spacial score (nSPS) is 16.5. The van der Waals surface area contributed by atoms with E-state index in [-0.39, 0.29) is 5.91 Å². The number of hydrogen-bond donors (Lipinski definition) is 0. The predicted octanol–water partition coefficient (Wildman–Crippen LogP) is 1.45. The topological polar surface area (TPSA) is 49.9 Å². The number of nitrogens with zero attached hydrogens (tertiary/aromatic N) is 2. The zero-order valence-electron chi connectivity index (χ0n) is 12.6. The van der Waals surface area contributed by atoms with Gasteiger partial charge in [-0.15, -0.1) is 0 Å². The predicted molar refractivity (Wildman–Crippen MR) is 80.1 cm³/mol. The molecule has 2 rings (SSSR count). The quantitative estimate of drug-likeness (QED) is 0.771. The summed E-state index contributed by atoms with van der Waals surface area (Å²) in [4.78, 5) is 26.6. The molecule has 0 saturated carbocycles. The molecule has 1 aromatic rings. The van der Waals surface area contributed by atoms with Gasteiger partial charge in [0, 0.05) is 26.2 Å². The van der Waals surface area contributed by atoms with Gasteiger partial charge in [-0.25, -0.2) is 0 Å². The Kier molecular flexibility index (Phi) is 5.20. The second-order valence-electron chi connectivity index (χ2n) is 5.29. The van der Waals surface area contributed by atoms with E-state index in [2.05, 4.69) is 0 Å². The Morgan fingerprint density at radius 2 is 1.86 bits per heavy atom. The summed E-state index contributed by atoms with van der Waals surface area (Å²) in [6.45, 7) is 6.29. The van der Waals surface area contributed by atoms with Crippen LogP contribution in [0.15, 0.2) is 24.3 Å². The molecule has 0 unspecified atom stereocenters. The highest BCUT2D eigenvalue weighted by molar-refractivity contribution is 5.81. The van der Waals surface area contributed by atoms with Crippen LogP contribution in [0, 0.1) is 6.92 Å². The van der Waals surface area contributed by atoms with E-state index in [0.29, 0.717) is 38.3 Å². The molecule has 1 saturated heterocycles. The molecular formula is C16H22N2O3. The summed E-state index contributed by atoms with van der Waals surface area (Å²) in [7, 11) is 0. The Morgan fingerprint density at radius 3 is 2.38 bits per heavy atom. The van der Waals surface area contributed by atoms with E-state index in [1.165, 1.54) is 0 Å². The molecule has 5 heteroatoms. The minimum atomic E-state index is -0.463. The van der Waals surface area contributed by atoms with Crippen molar-refractivity contribution >= 4 is 12.3 Å². The molecule has 21 heavy (non-hydrogen) atoms. The first-order chi connectivity index (χ1) is 10.1. The lowest BCUT2D eigenvalue weighted by atomic mass is 10.2. The number of ether oxygens (including phenoxy) is 1. The zero-order valence-corrected chi connectivity index (χ0v) is 12.6. The van der Waals surface area contributed by atoms with Crippen LogP contribution in [0.3, 0.4) is 0 Å². The average molecular weight is 290 g/mol. The molecule has 0 bridgehead atoms. The van der Waals surface area contributed by atoms with Crippen LogP contribution in [0.5, 0.6) is 5.75 Å². The van der Waals surface area contributed by atoms with Crippen LogP contribution in [-0.4, -0.2) is 54.4 Å². The summed E-state index contributed by atoms with van der Waals surface area (Å²) >= 11 is 0. The maximum Gasteiger partial charge on any atom is 0.263 e. The van der Waals surface area contributed by atoms with Crippen molar-refractivity contribution in [2.24, 2.45) is 0 Å². The number of piperazine rings is 1. The third-order valence-corrected chi connectivity index (χ3v) is 3.72. The summed E-state index contributed by atoms with van der Waals surface area (Å²) in [5, 5.41) is 0. The minimum Gasteiger partial charge on any atom is -0.481 e. The average Bonchev–Trinajstić information content (AvgIpc) is 2.54. The van der Waals surface area contributed by atoms with Gasteiger partial charge in [0.2, 0.25) is 6.41 Å². The first-order valence-corrected chi connectivity index (χ1v) is 7.35. The molecule has 1 fully saturated rings. The summed E-state index contributed by atoms with van der Waals surface area (Å²) < 4.78 is 5.81. The molecule has 1 heterocycles. The van der Waals surface area contributed by atoms with E-state index in [9.17, 15) is 9.59 Å². The van der Waals surface area contributed by atoms with Crippen LogP contribution in [0.2, 0.25) is 0 Å². The molecular weight excluding hydrogens is 268 g/mol. The van der Waals surface area contributed by atoms with E-state index in [1.54, 1.807) is 9.80 Å². The van der Waals surface area contributed by atoms with Crippen molar-refractivity contribution in [3.05, 3.63) is 29.8 Å². The number of amides is 2. The molecule has 114 valence electrons. The third-order valence-electron chi connectivity index (χ3n) is 3.72. The highest BCUT2D eigenvalue weighted by Gasteiger charge is 2.27. The number of carbonyl (C=O) groups excluding carboxylic acids is 2. The summed E-state index contributed by atoms with van der Waals surface area (Å²) in [6, 6.07) is 7.70. The molecule has 0 aromatic heterocycles. The number of aryl methyl sites for hydroxylation is 1. The fraction of sp³-hybridized carbons (Fsp3) is 0.500. The van der Waals surface area contributed by atoms with Gasteiger partial charge in [0.05, 0.1) is 0 Å². The van der Waals surface area contributed by atoms with Gasteiger partial charge < -0.3 is 14.5 Å². The van der Waals surface area contributed by atoms with Gasteiger partial charge in [-0.2, -0.15) is 0 Å². The fourth-order valence-corrected chi connectivity index (χ4v) is 2.34. The number of hydrogen-bond acceptors (Lipinski definition) is 3. The molecule has 1 aromatic carbocycles. The maximum absolute atomic E-state index is 12.5. The van der Waals surface area contributed by atoms with E-state index in [1.807, 2.05) is 38.1 Å². The van der Waals surface area contributed by atoms with Gasteiger partial charge in [0.15, 0.2) is 6.10 Å². The van der Waals surface area contributed by atoms with Crippen molar-refractivity contribution in [3.63, 3.8) is 0 Å². The Labute approximate surface area is 125 Å². The van der Waals surface area contributed by atoms with Gasteiger partial charge in [-0.05, 0) is 25.5 Å². The highest BCUT2D eigenvalue weighted by atomic mass is 16.5. The second kappa shape index (κ2) is 7.11. The van der Waals surface area contributed by atoms with Gasteiger partial charge in [-0.1, -0.05) is 24.6 Å². The smallest absolute Gasteiger partial charge is 0.263 e. The van der Waals surface area contributed by atoms with E-state index in [0.717, 1.165) is 12.0 Å². The molecule has 5 nitrogen and oxygen atoms in total. The summed E-state index contributed by atoms with van der Waals surface area (Å²) in [5.41, 5.74) is 1.16. The molecule has 0 radical (unpaired) electrons. The van der Waals surface area contributed by atoms with Crippen molar-refractivity contribution < 1.29 is 14.3 Å². The minimum absolute atomic E-state index is 0.00336. The first-order valence-electron chi connectivity index (χ1n) is 7.35. The molecule has 0 aliphatic carbocycles. The van der Waals surface area contributed by atoms with Crippen molar-refractivity contribution in [1.29, 1.82) is 0 Å². The molecule has 1 aliphatic rings. The largest absolute Gasteiger partial charge is 0.481 e. The summed E-state index contributed by atoms with van der Waals surface area (Å²) in [5.74, 6) is 0.718. The van der Waals surface area contributed by atoms with Crippen LogP contribution >= 0.6 is 0 Å². The maximum atomic E-state index is 12.5. The standard InChI is InChI=1S/C16H22N2O3/c1-3-15(21-14-6-4-13(2)5-7-14)16(20)18-10-8-17(12-19)9-11-18/h4-7,12,15H,3,8-11H2,1-2H3/t15-/m1/s1. The fourth-order valence-electron chi connectivity index (χ4n) is 2.34. The van der Waals surface area contributed by atoms with Crippen LogP contribution in [0.4, 0.5) is 0 Å². The van der Waals surface area contributed by atoms with Gasteiger partial charge in [-0.3, -0.25) is 9.59 Å². The molecule has 0 spiro atoms. The van der Waals surface area contributed by atoms with Crippen molar-refractivity contribution in [2.45, 2.75) is 26.4 Å². The van der Waals surface area contributed by atoms with Crippen molar-refractivity contribution in [2.75, 3.05) is 26.2 Å². The van der Waals surface area contributed by atoms with Crippen molar-refractivity contribution in [1.82, 2.24) is 9.80 Å². The van der Waals surface area contributed by atoms with Gasteiger partial charge >= 0.3 is 0 Å². The zero-order chi connectivity index (χ0) is 15.2. The Hall–Kier alpha value is -2.04. The lowest BCUT2D eigenvalue weighted by Gasteiger charge is -2.34. The Morgan fingerprint density at radius 1 is 1.24 bits per heavy atom. The Bertz CT molecular complexity index is 479. The van der Waals surface area contributed by atoms with E-state index in [4.69, 9.17) is 4.74 Å². The first kappa shape index (κ1) is 15.4. The van der Waals surface area contributed by atoms with Crippen molar-refractivity contribution in [3.8, 4) is 5.75 Å². The van der Waals surface area contributed by atoms with E-state index >= 15 is 0 Å². The number of benzene rings is 1. The van der Waals surface area contributed by atoms with Crippen LogP contribution in [-0.2, 0) is 9.59 Å². The number of rotatable bonds is 5. The monoisotopic (exact) mass is 290 g/mol. The third kappa shape index (κ3) is 3.97. The number of carbonyl (C=O) groups is 2. The SMILES string of the molecule is CC[C@@H](Oc1ccc(C)cc1)C(=O)N1CCN(C=O)CC1.